The Hall–Kier alpha value is -1.05. The molecule has 110 valence electrons. The third-order valence-electron chi connectivity index (χ3n) is 4.05. The molecule has 2 aliphatic rings. The molecule has 1 aromatic rings. The van der Waals surface area contributed by atoms with Crippen LogP contribution < -0.4 is 5.32 Å². The van der Waals surface area contributed by atoms with Gasteiger partial charge in [0.2, 0.25) is 0 Å². The van der Waals surface area contributed by atoms with Crippen LogP contribution in [-0.4, -0.2) is 70.6 Å². The highest BCUT2D eigenvalue weighted by molar-refractivity contribution is 7.08. The van der Waals surface area contributed by atoms with Crippen molar-refractivity contribution in [2.24, 2.45) is 0 Å². The molecule has 2 aliphatic heterocycles. The van der Waals surface area contributed by atoms with Crippen LogP contribution in [0.25, 0.3) is 0 Å². The van der Waals surface area contributed by atoms with Gasteiger partial charge in [0, 0.05) is 45.3 Å². The summed E-state index contributed by atoms with van der Waals surface area (Å²) in [6.45, 7) is 8.10. The zero-order chi connectivity index (χ0) is 13.9. The molecule has 20 heavy (non-hydrogen) atoms. The van der Waals surface area contributed by atoms with Crippen LogP contribution in [0, 0.1) is 0 Å². The lowest BCUT2D eigenvalue weighted by Gasteiger charge is -2.46. The van der Waals surface area contributed by atoms with E-state index in [9.17, 15) is 4.79 Å². The molecule has 0 saturated carbocycles. The smallest absolute Gasteiger partial charge is 0.267 e. The first-order valence-corrected chi connectivity index (χ1v) is 8.12. The number of nitrogens with zero attached hydrogens (tertiary/aromatic N) is 4. The molecule has 3 heterocycles. The zero-order valence-corrected chi connectivity index (χ0v) is 12.7. The minimum absolute atomic E-state index is 0.120. The Labute approximate surface area is 123 Å². The van der Waals surface area contributed by atoms with Crippen molar-refractivity contribution in [2.45, 2.75) is 25.8 Å². The molecule has 0 aliphatic carbocycles. The number of carbonyl (C=O) groups excluding carboxylic acids is 1. The minimum atomic E-state index is 0.120. The number of piperazine rings is 1. The highest BCUT2D eigenvalue weighted by atomic mass is 32.1. The topological polar surface area (TPSA) is 61.4 Å². The van der Waals surface area contributed by atoms with E-state index in [1.165, 1.54) is 11.5 Å². The van der Waals surface area contributed by atoms with Gasteiger partial charge in [-0.15, -0.1) is 5.10 Å². The lowest BCUT2D eigenvalue weighted by Crippen LogP contribution is -2.63. The standard InChI is InChI=1S/C13H21N5OS/c1-2-3-11-12(20-16-15-11)13(19)18-8-10(9-18)17-6-4-14-5-7-17/h10,14H,2-9H2,1H3. The van der Waals surface area contributed by atoms with Gasteiger partial charge in [-0.2, -0.15) is 0 Å². The van der Waals surface area contributed by atoms with Gasteiger partial charge in [-0.25, -0.2) is 0 Å². The second-order valence-electron chi connectivity index (χ2n) is 5.45. The molecule has 6 nitrogen and oxygen atoms in total. The third-order valence-corrected chi connectivity index (χ3v) is 4.81. The largest absolute Gasteiger partial charge is 0.335 e. The molecule has 3 rings (SSSR count). The van der Waals surface area contributed by atoms with Gasteiger partial charge in [0.15, 0.2) is 0 Å². The van der Waals surface area contributed by atoms with Crippen molar-refractivity contribution in [1.29, 1.82) is 0 Å². The molecule has 0 bridgehead atoms. The zero-order valence-electron chi connectivity index (χ0n) is 11.8. The van der Waals surface area contributed by atoms with Crippen molar-refractivity contribution in [2.75, 3.05) is 39.3 Å². The van der Waals surface area contributed by atoms with Crippen LogP contribution in [0.1, 0.15) is 28.7 Å². The fourth-order valence-corrected chi connectivity index (χ4v) is 3.49. The van der Waals surface area contributed by atoms with Crippen LogP contribution in [0.4, 0.5) is 0 Å². The molecule has 0 spiro atoms. The number of carbonyl (C=O) groups is 1. The molecule has 2 fully saturated rings. The average Bonchev–Trinajstić information content (AvgIpc) is 2.87. The molecule has 1 aromatic heterocycles. The summed E-state index contributed by atoms with van der Waals surface area (Å²) in [5, 5.41) is 7.44. The Morgan fingerprint density at radius 1 is 1.40 bits per heavy atom. The average molecular weight is 295 g/mol. The first-order valence-electron chi connectivity index (χ1n) is 7.35. The summed E-state index contributed by atoms with van der Waals surface area (Å²) in [5.41, 5.74) is 0.869. The van der Waals surface area contributed by atoms with E-state index in [0.29, 0.717) is 6.04 Å². The van der Waals surface area contributed by atoms with Gasteiger partial charge in [-0.05, 0) is 18.0 Å². The van der Waals surface area contributed by atoms with Gasteiger partial charge in [0.1, 0.15) is 4.88 Å². The maximum Gasteiger partial charge on any atom is 0.267 e. The van der Waals surface area contributed by atoms with Crippen molar-refractivity contribution in [3.8, 4) is 0 Å². The van der Waals surface area contributed by atoms with Crippen molar-refractivity contribution < 1.29 is 4.79 Å². The lowest BCUT2D eigenvalue weighted by atomic mass is 10.1. The Morgan fingerprint density at radius 2 is 2.15 bits per heavy atom. The lowest BCUT2D eigenvalue weighted by molar-refractivity contribution is 0.0230. The molecule has 1 N–H and O–H groups in total. The quantitative estimate of drug-likeness (QED) is 0.861. The Bertz CT molecular complexity index is 465. The molecule has 0 radical (unpaired) electrons. The van der Waals surface area contributed by atoms with E-state index in [1.54, 1.807) is 0 Å². The second-order valence-corrected chi connectivity index (χ2v) is 6.20. The number of hydrogen-bond acceptors (Lipinski definition) is 6. The maximum absolute atomic E-state index is 12.4. The van der Waals surface area contributed by atoms with Gasteiger partial charge in [0.05, 0.1) is 5.69 Å². The fraction of sp³-hybridized carbons (Fsp3) is 0.769. The number of likely N-dealkylation sites (tertiary alicyclic amines) is 1. The number of rotatable bonds is 4. The molecule has 0 unspecified atom stereocenters. The van der Waals surface area contributed by atoms with E-state index in [2.05, 4.69) is 26.7 Å². The predicted molar refractivity (Wildman–Crippen MR) is 78.0 cm³/mol. The van der Waals surface area contributed by atoms with E-state index in [4.69, 9.17) is 0 Å². The third kappa shape index (κ3) is 2.70. The summed E-state index contributed by atoms with van der Waals surface area (Å²) in [6.07, 6.45) is 1.84. The van der Waals surface area contributed by atoms with E-state index < -0.39 is 0 Å². The van der Waals surface area contributed by atoms with Crippen LogP contribution in [0.2, 0.25) is 0 Å². The first kappa shape index (κ1) is 13.9. The molecule has 0 aromatic carbocycles. The van der Waals surface area contributed by atoms with Crippen LogP contribution in [0.3, 0.4) is 0 Å². The van der Waals surface area contributed by atoms with E-state index in [-0.39, 0.29) is 5.91 Å². The predicted octanol–water partition coefficient (Wildman–Crippen LogP) is 0.220. The van der Waals surface area contributed by atoms with Gasteiger partial charge >= 0.3 is 0 Å². The highest BCUT2D eigenvalue weighted by Gasteiger charge is 2.36. The van der Waals surface area contributed by atoms with Crippen LogP contribution in [0.15, 0.2) is 0 Å². The monoisotopic (exact) mass is 295 g/mol. The number of aromatic nitrogens is 2. The number of nitrogens with one attached hydrogen (secondary N) is 1. The number of hydrogen-bond donors (Lipinski definition) is 1. The Kier molecular flexibility index (Phi) is 4.28. The summed E-state index contributed by atoms with van der Waals surface area (Å²) >= 11 is 1.24. The SMILES string of the molecule is CCCc1nnsc1C(=O)N1CC(N2CCNCC2)C1. The van der Waals surface area contributed by atoms with Crippen LogP contribution >= 0.6 is 11.5 Å². The summed E-state index contributed by atoms with van der Waals surface area (Å²) < 4.78 is 3.94. The first-order chi connectivity index (χ1) is 9.79. The summed E-state index contributed by atoms with van der Waals surface area (Å²) in [6, 6.07) is 0.538. The van der Waals surface area contributed by atoms with E-state index in [0.717, 1.165) is 62.7 Å². The molecular weight excluding hydrogens is 274 g/mol. The molecule has 7 heteroatoms. The van der Waals surface area contributed by atoms with E-state index >= 15 is 0 Å². The van der Waals surface area contributed by atoms with E-state index in [1.807, 2.05) is 4.90 Å². The van der Waals surface area contributed by atoms with Crippen LogP contribution in [0.5, 0.6) is 0 Å². The molecule has 0 atom stereocenters. The minimum Gasteiger partial charge on any atom is -0.335 e. The summed E-state index contributed by atoms with van der Waals surface area (Å²) in [7, 11) is 0. The second kappa shape index (κ2) is 6.15. The fourth-order valence-electron chi connectivity index (χ4n) is 2.81. The summed E-state index contributed by atoms with van der Waals surface area (Å²) in [4.78, 5) is 17.6. The molecular formula is C13H21N5OS. The van der Waals surface area contributed by atoms with Crippen molar-refractivity contribution >= 4 is 17.4 Å². The van der Waals surface area contributed by atoms with Crippen molar-refractivity contribution in [1.82, 2.24) is 24.7 Å². The summed E-state index contributed by atoms with van der Waals surface area (Å²) in [5.74, 6) is 0.120. The van der Waals surface area contributed by atoms with Gasteiger partial charge < -0.3 is 10.2 Å². The molecule has 2 saturated heterocycles. The normalized spacial score (nSPS) is 20.9. The van der Waals surface area contributed by atoms with Gasteiger partial charge in [-0.1, -0.05) is 17.8 Å². The van der Waals surface area contributed by atoms with Crippen molar-refractivity contribution in [3.05, 3.63) is 10.6 Å². The number of amides is 1. The Morgan fingerprint density at radius 3 is 2.85 bits per heavy atom. The maximum atomic E-state index is 12.4. The molecule has 1 amide bonds. The van der Waals surface area contributed by atoms with Gasteiger partial charge in [0.25, 0.3) is 5.91 Å². The Balaban J connectivity index is 1.56. The number of aryl methyl sites for hydroxylation is 1. The van der Waals surface area contributed by atoms with Crippen LogP contribution in [-0.2, 0) is 6.42 Å². The van der Waals surface area contributed by atoms with Gasteiger partial charge in [-0.3, -0.25) is 9.69 Å². The highest BCUT2D eigenvalue weighted by Crippen LogP contribution is 2.22. The van der Waals surface area contributed by atoms with Crippen molar-refractivity contribution in [3.63, 3.8) is 0 Å².